The van der Waals surface area contributed by atoms with Crippen LogP contribution in [0.15, 0.2) is 46.4 Å². The molecule has 2 aromatic rings. The Kier molecular flexibility index (Phi) is 8.90. The number of nitrogens with one attached hydrogen (secondary N) is 1. The maximum absolute atomic E-state index is 12.5. The SMILES string of the molecule is C#CCOc1c(Br)cc(/C=C(\C#N)C(=O)Nc2ccc(C(=O)OCC)cc2)cc1I. The van der Waals surface area contributed by atoms with E-state index in [0.29, 0.717) is 27.0 Å². The summed E-state index contributed by atoms with van der Waals surface area (Å²) in [6, 6.07) is 11.6. The van der Waals surface area contributed by atoms with Gasteiger partial charge in [0, 0.05) is 5.69 Å². The zero-order chi connectivity index (χ0) is 22.1. The highest BCUT2D eigenvalue weighted by Crippen LogP contribution is 2.32. The third-order valence-electron chi connectivity index (χ3n) is 3.65. The van der Waals surface area contributed by atoms with Gasteiger partial charge in [0.25, 0.3) is 5.91 Å². The van der Waals surface area contributed by atoms with Gasteiger partial charge in [-0.25, -0.2) is 4.79 Å². The molecule has 2 rings (SSSR count). The second-order valence-corrected chi connectivity index (χ2v) is 7.74. The molecule has 8 heteroatoms. The van der Waals surface area contributed by atoms with Crippen molar-refractivity contribution in [2.45, 2.75) is 6.92 Å². The maximum atomic E-state index is 12.5. The van der Waals surface area contributed by atoms with Gasteiger partial charge in [-0.05, 0) is 93.5 Å². The van der Waals surface area contributed by atoms with Crippen molar-refractivity contribution in [1.82, 2.24) is 0 Å². The standard InChI is InChI=1S/C22H16BrIN2O4/c1-3-9-30-20-18(23)11-14(12-19(20)24)10-16(13-25)21(27)26-17-7-5-15(6-8-17)22(28)29-4-2/h1,5-8,10-12H,4,9H2,2H3,(H,26,27)/b16-10+. The molecule has 1 amide bonds. The molecule has 0 saturated carbocycles. The highest BCUT2D eigenvalue weighted by Gasteiger charge is 2.13. The molecule has 0 atom stereocenters. The van der Waals surface area contributed by atoms with Gasteiger partial charge < -0.3 is 14.8 Å². The summed E-state index contributed by atoms with van der Waals surface area (Å²) in [6.45, 7) is 2.13. The van der Waals surface area contributed by atoms with Crippen LogP contribution in [0.4, 0.5) is 5.69 Å². The molecular formula is C22H16BrIN2O4. The van der Waals surface area contributed by atoms with E-state index in [9.17, 15) is 14.9 Å². The Hall–Kier alpha value is -2.82. The highest BCUT2D eigenvalue weighted by molar-refractivity contribution is 14.1. The molecule has 0 heterocycles. The molecule has 0 fully saturated rings. The number of ether oxygens (including phenoxy) is 2. The van der Waals surface area contributed by atoms with Crippen molar-refractivity contribution in [1.29, 1.82) is 5.26 Å². The van der Waals surface area contributed by atoms with Gasteiger partial charge in [-0.15, -0.1) is 6.42 Å². The first-order valence-electron chi connectivity index (χ1n) is 8.65. The minimum Gasteiger partial charge on any atom is -0.479 e. The average Bonchev–Trinajstić information content (AvgIpc) is 2.72. The summed E-state index contributed by atoms with van der Waals surface area (Å²) in [5, 5.41) is 12.1. The topological polar surface area (TPSA) is 88.4 Å². The van der Waals surface area contributed by atoms with Crippen LogP contribution in [0.5, 0.6) is 5.75 Å². The number of amides is 1. The van der Waals surface area contributed by atoms with Gasteiger partial charge in [0.1, 0.15) is 24.0 Å². The summed E-state index contributed by atoms with van der Waals surface area (Å²) in [6.07, 6.45) is 6.69. The number of carbonyl (C=O) groups excluding carboxylic acids is 2. The molecule has 0 aliphatic rings. The predicted molar refractivity (Wildman–Crippen MR) is 126 cm³/mol. The van der Waals surface area contributed by atoms with E-state index in [1.807, 2.05) is 6.07 Å². The van der Waals surface area contributed by atoms with Crippen LogP contribution in [-0.2, 0) is 9.53 Å². The molecule has 0 saturated heterocycles. The Morgan fingerprint density at radius 1 is 1.30 bits per heavy atom. The van der Waals surface area contributed by atoms with E-state index >= 15 is 0 Å². The number of halogens is 2. The first-order chi connectivity index (χ1) is 14.4. The predicted octanol–water partition coefficient (Wildman–Crippen LogP) is 4.79. The van der Waals surface area contributed by atoms with Crippen LogP contribution in [0.3, 0.4) is 0 Å². The van der Waals surface area contributed by atoms with Gasteiger partial charge in [0.2, 0.25) is 0 Å². The van der Waals surface area contributed by atoms with Crippen LogP contribution in [0, 0.1) is 27.2 Å². The lowest BCUT2D eigenvalue weighted by Gasteiger charge is -2.09. The molecule has 0 spiro atoms. The van der Waals surface area contributed by atoms with Crippen molar-refractivity contribution in [3.05, 3.63) is 61.1 Å². The molecule has 0 aliphatic carbocycles. The Balaban J connectivity index is 2.18. The molecule has 30 heavy (non-hydrogen) atoms. The monoisotopic (exact) mass is 578 g/mol. The van der Waals surface area contributed by atoms with Crippen LogP contribution in [0.25, 0.3) is 6.08 Å². The van der Waals surface area contributed by atoms with Crippen LogP contribution in [0.1, 0.15) is 22.8 Å². The summed E-state index contributed by atoms with van der Waals surface area (Å²) in [7, 11) is 0. The van der Waals surface area contributed by atoms with Gasteiger partial charge in [-0.3, -0.25) is 4.79 Å². The number of anilines is 1. The summed E-state index contributed by atoms with van der Waals surface area (Å²) in [5.74, 6) is 1.98. The maximum Gasteiger partial charge on any atom is 0.338 e. The first-order valence-corrected chi connectivity index (χ1v) is 10.5. The van der Waals surface area contributed by atoms with Crippen LogP contribution in [0.2, 0.25) is 0 Å². The van der Waals surface area contributed by atoms with Crippen molar-refractivity contribution in [3.63, 3.8) is 0 Å². The number of benzene rings is 2. The number of nitrogens with zero attached hydrogens (tertiary/aromatic N) is 1. The zero-order valence-corrected chi connectivity index (χ0v) is 19.6. The largest absolute Gasteiger partial charge is 0.479 e. The van der Waals surface area contributed by atoms with Crippen molar-refractivity contribution in [2.24, 2.45) is 0 Å². The number of hydrogen-bond acceptors (Lipinski definition) is 5. The number of terminal acetylenes is 1. The third-order valence-corrected chi connectivity index (χ3v) is 5.04. The molecule has 0 bridgehead atoms. The lowest BCUT2D eigenvalue weighted by Crippen LogP contribution is -2.13. The van der Waals surface area contributed by atoms with E-state index in [1.165, 1.54) is 18.2 Å². The van der Waals surface area contributed by atoms with Gasteiger partial charge >= 0.3 is 5.97 Å². The third kappa shape index (κ3) is 6.34. The summed E-state index contributed by atoms with van der Waals surface area (Å²) in [5.41, 5.74) is 1.38. The molecule has 1 N–H and O–H groups in total. The second-order valence-electron chi connectivity index (χ2n) is 5.73. The van der Waals surface area contributed by atoms with Crippen LogP contribution >= 0.6 is 38.5 Å². The Morgan fingerprint density at radius 2 is 2.00 bits per heavy atom. The van der Waals surface area contributed by atoms with Gasteiger partial charge in [0.15, 0.2) is 0 Å². The summed E-state index contributed by atoms with van der Waals surface area (Å²) < 4.78 is 11.8. The van der Waals surface area contributed by atoms with Crippen LogP contribution in [-0.4, -0.2) is 25.1 Å². The zero-order valence-electron chi connectivity index (χ0n) is 15.9. The quantitative estimate of drug-likeness (QED) is 0.168. The van der Waals surface area contributed by atoms with E-state index < -0.39 is 11.9 Å². The Labute approximate surface area is 196 Å². The first kappa shape index (κ1) is 23.5. The fraction of sp³-hybridized carbons (Fsp3) is 0.136. The average molecular weight is 579 g/mol. The molecule has 2 aromatic carbocycles. The molecule has 152 valence electrons. The molecule has 0 radical (unpaired) electrons. The van der Waals surface area contributed by atoms with E-state index in [4.69, 9.17) is 15.9 Å². The smallest absolute Gasteiger partial charge is 0.338 e. The number of esters is 1. The lowest BCUT2D eigenvalue weighted by atomic mass is 10.1. The fourth-order valence-electron chi connectivity index (χ4n) is 2.33. The molecule has 6 nitrogen and oxygen atoms in total. The molecule has 0 aromatic heterocycles. The lowest BCUT2D eigenvalue weighted by molar-refractivity contribution is -0.112. The number of nitriles is 1. The van der Waals surface area contributed by atoms with Crippen molar-refractivity contribution in [2.75, 3.05) is 18.5 Å². The highest BCUT2D eigenvalue weighted by atomic mass is 127. The Morgan fingerprint density at radius 3 is 2.57 bits per heavy atom. The van der Waals surface area contributed by atoms with Crippen molar-refractivity contribution < 1.29 is 19.1 Å². The summed E-state index contributed by atoms with van der Waals surface area (Å²) in [4.78, 5) is 24.2. The minimum absolute atomic E-state index is 0.0792. The molecular weight excluding hydrogens is 563 g/mol. The van der Waals surface area contributed by atoms with E-state index in [1.54, 1.807) is 31.2 Å². The van der Waals surface area contributed by atoms with E-state index in [-0.39, 0.29) is 18.8 Å². The van der Waals surface area contributed by atoms with Crippen molar-refractivity contribution in [3.8, 4) is 24.2 Å². The van der Waals surface area contributed by atoms with Gasteiger partial charge in [-0.2, -0.15) is 5.26 Å². The van der Waals surface area contributed by atoms with Gasteiger partial charge in [0.05, 0.1) is 20.2 Å². The minimum atomic E-state index is -0.569. The van der Waals surface area contributed by atoms with Crippen molar-refractivity contribution >= 4 is 62.2 Å². The number of carbonyl (C=O) groups is 2. The number of hydrogen-bond donors (Lipinski definition) is 1. The van der Waals surface area contributed by atoms with E-state index in [0.717, 1.165) is 3.57 Å². The molecule has 0 aliphatic heterocycles. The normalized spacial score (nSPS) is 10.5. The summed E-state index contributed by atoms with van der Waals surface area (Å²) >= 11 is 5.50. The Bertz CT molecular complexity index is 1040. The van der Waals surface area contributed by atoms with Crippen LogP contribution < -0.4 is 10.1 Å². The van der Waals surface area contributed by atoms with E-state index in [2.05, 4.69) is 49.8 Å². The van der Waals surface area contributed by atoms with Gasteiger partial charge in [-0.1, -0.05) is 5.92 Å². The number of rotatable bonds is 7. The molecule has 0 unspecified atom stereocenters. The second kappa shape index (κ2) is 11.4. The fourth-order valence-corrected chi connectivity index (χ4v) is 4.10.